The van der Waals surface area contributed by atoms with E-state index in [1.807, 2.05) is 88.4 Å². The summed E-state index contributed by atoms with van der Waals surface area (Å²) in [6.45, 7) is 7.55. The van der Waals surface area contributed by atoms with Gasteiger partial charge in [-0.15, -0.1) is 9.05 Å². The summed E-state index contributed by atoms with van der Waals surface area (Å²) >= 11 is 3.02. The van der Waals surface area contributed by atoms with E-state index in [2.05, 4.69) is 0 Å². The van der Waals surface area contributed by atoms with Crippen molar-refractivity contribution in [3.05, 3.63) is 60.7 Å². The smallest absolute Gasteiger partial charge is 0.102 e. The SMILES string of the molecule is CC(C)(O[P+](=O)OC(C)(C)Sc1ccccc1)Sc1ccccc1. The summed E-state index contributed by atoms with van der Waals surface area (Å²) in [5.74, 6) is 0. The van der Waals surface area contributed by atoms with Gasteiger partial charge in [-0.05, 0) is 52.0 Å². The summed E-state index contributed by atoms with van der Waals surface area (Å²) in [7, 11) is -2.24. The summed E-state index contributed by atoms with van der Waals surface area (Å²) in [5, 5.41) is 0. The molecule has 0 saturated carbocycles. The maximum atomic E-state index is 12.3. The Kier molecular flexibility index (Phi) is 6.90. The lowest BCUT2D eigenvalue weighted by molar-refractivity contribution is 0.130. The first-order valence-corrected chi connectivity index (χ1v) is 10.3. The molecule has 0 aromatic heterocycles. The third kappa shape index (κ3) is 6.96. The van der Waals surface area contributed by atoms with Crippen molar-refractivity contribution in [3.8, 4) is 0 Å². The lowest BCUT2D eigenvalue weighted by Crippen LogP contribution is -2.20. The van der Waals surface area contributed by atoms with Gasteiger partial charge < -0.3 is 0 Å². The van der Waals surface area contributed by atoms with Gasteiger partial charge in [0, 0.05) is 14.4 Å². The highest BCUT2D eigenvalue weighted by Gasteiger charge is 2.40. The van der Waals surface area contributed by atoms with E-state index in [1.54, 1.807) is 0 Å². The zero-order valence-corrected chi connectivity index (χ0v) is 16.8. The molecular formula is C18H22O3PS2+. The quantitative estimate of drug-likeness (QED) is 0.288. The first-order valence-electron chi connectivity index (χ1n) is 7.59. The average molecular weight is 381 g/mol. The van der Waals surface area contributed by atoms with Crippen molar-refractivity contribution in [1.29, 1.82) is 0 Å². The number of hydrogen-bond acceptors (Lipinski definition) is 5. The highest BCUT2D eigenvalue weighted by molar-refractivity contribution is 8.01. The molecule has 2 aromatic rings. The summed E-state index contributed by atoms with van der Waals surface area (Å²) in [5.41, 5.74) is 0. The van der Waals surface area contributed by atoms with E-state index in [1.165, 1.54) is 23.5 Å². The minimum Gasteiger partial charge on any atom is -0.102 e. The van der Waals surface area contributed by atoms with Gasteiger partial charge in [0.25, 0.3) is 0 Å². The molecule has 0 atom stereocenters. The van der Waals surface area contributed by atoms with Gasteiger partial charge in [-0.3, -0.25) is 0 Å². The molecule has 2 aromatic carbocycles. The van der Waals surface area contributed by atoms with Gasteiger partial charge in [-0.2, -0.15) is 0 Å². The van der Waals surface area contributed by atoms with Crippen LogP contribution in [0.1, 0.15) is 27.7 Å². The number of rotatable bonds is 8. The van der Waals surface area contributed by atoms with Crippen LogP contribution in [0.15, 0.2) is 70.5 Å². The third-order valence-electron chi connectivity index (χ3n) is 2.80. The molecule has 24 heavy (non-hydrogen) atoms. The van der Waals surface area contributed by atoms with Crippen molar-refractivity contribution in [3.63, 3.8) is 0 Å². The molecule has 0 aliphatic carbocycles. The fourth-order valence-electron chi connectivity index (χ4n) is 1.96. The van der Waals surface area contributed by atoms with Gasteiger partial charge >= 0.3 is 8.25 Å². The van der Waals surface area contributed by atoms with Crippen molar-refractivity contribution in [2.24, 2.45) is 0 Å². The van der Waals surface area contributed by atoms with Crippen LogP contribution < -0.4 is 0 Å². The topological polar surface area (TPSA) is 35.5 Å². The summed E-state index contributed by atoms with van der Waals surface area (Å²) < 4.78 is 23.6. The van der Waals surface area contributed by atoms with Gasteiger partial charge in [-0.25, -0.2) is 0 Å². The van der Waals surface area contributed by atoms with E-state index < -0.39 is 18.1 Å². The van der Waals surface area contributed by atoms with Crippen LogP contribution in [0.2, 0.25) is 0 Å². The first kappa shape index (κ1) is 19.5. The summed E-state index contributed by atoms with van der Waals surface area (Å²) in [6.07, 6.45) is 0. The van der Waals surface area contributed by atoms with Gasteiger partial charge in [0.05, 0.1) is 0 Å². The van der Waals surface area contributed by atoms with Crippen molar-refractivity contribution in [2.45, 2.75) is 47.4 Å². The van der Waals surface area contributed by atoms with Crippen molar-refractivity contribution in [1.82, 2.24) is 0 Å². The Morgan fingerprint density at radius 2 is 1.04 bits per heavy atom. The minimum absolute atomic E-state index is 0.650. The second-order valence-corrected chi connectivity index (χ2v) is 10.2. The molecule has 0 aliphatic heterocycles. The third-order valence-corrected chi connectivity index (χ3v) is 6.43. The van der Waals surface area contributed by atoms with E-state index in [0.29, 0.717) is 0 Å². The van der Waals surface area contributed by atoms with Crippen LogP contribution in [-0.2, 0) is 13.6 Å². The molecule has 0 unspecified atom stereocenters. The molecule has 0 amide bonds. The lowest BCUT2D eigenvalue weighted by Gasteiger charge is -2.20. The van der Waals surface area contributed by atoms with E-state index >= 15 is 0 Å². The van der Waals surface area contributed by atoms with Crippen LogP contribution in [0.5, 0.6) is 0 Å². The number of benzene rings is 2. The predicted molar refractivity (Wildman–Crippen MR) is 103 cm³/mol. The fraction of sp³-hybridized carbons (Fsp3) is 0.333. The average Bonchev–Trinajstić information content (AvgIpc) is 2.46. The largest absolute Gasteiger partial charge is 0.700 e. The minimum atomic E-state index is -2.24. The Bertz CT molecular complexity index is 603. The Morgan fingerprint density at radius 3 is 1.38 bits per heavy atom. The van der Waals surface area contributed by atoms with Gasteiger partial charge in [-0.1, -0.05) is 59.9 Å². The highest BCUT2D eigenvalue weighted by atomic mass is 32.2. The molecule has 0 fully saturated rings. The number of thioether (sulfide) groups is 2. The Hall–Kier alpha value is -0.840. The van der Waals surface area contributed by atoms with Crippen LogP contribution in [0.25, 0.3) is 0 Å². The standard InChI is InChI=1S/C18H22O3PS2/c1-17(2,23-15-11-7-5-8-12-15)20-22(19)21-18(3,4)24-16-13-9-6-10-14-16/h5-14H,1-4H3/q+1. The molecule has 0 aliphatic rings. The second kappa shape index (κ2) is 8.50. The predicted octanol–water partition coefficient (Wildman–Crippen LogP) is 6.73. The zero-order chi connectivity index (χ0) is 17.6. The van der Waals surface area contributed by atoms with Crippen LogP contribution in [0.4, 0.5) is 0 Å². The van der Waals surface area contributed by atoms with E-state index in [0.717, 1.165) is 9.79 Å². The molecule has 6 heteroatoms. The summed E-state index contributed by atoms with van der Waals surface area (Å²) in [4.78, 5) is 0.817. The van der Waals surface area contributed by atoms with E-state index in [4.69, 9.17) is 9.05 Å². The molecule has 0 spiro atoms. The van der Waals surface area contributed by atoms with Crippen molar-refractivity contribution in [2.75, 3.05) is 0 Å². The van der Waals surface area contributed by atoms with Crippen LogP contribution in [0.3, 0.4) is 0 Å². The fourth-order valence-corrected chi connectivity index (χ4v) is 5.10. The highest BCUT2D eigenvalue weighted by Crippen LogP contribution is 2.46. The molecule has 2 rings (SSSR count). The molecule has 128 valence electrons. The van der Waals surface area contributed by atoms with Crippen molar-refractivity contribution < 1.29 is 13.6 Å². The Labute approximate surface area is 153 Å². The zero-order valence-electron chi connectivity index (χ0n) is 14.3. The first-order chi connectivity index (χ1) is 11.3. The molecule has 3 nitrogen and oxygen atoms in total. The molecule has 0 heterocycles. The number of hydrogen-bond donors (Lipinski definition) is 0. The van der Waals surface area contributed by atoms with Crippen LogP contribution >= 0.6 is 31.8 Å². The van der Waals surface area contributed by atoms with Crippen LogP contribution in [-0.4, -0.2) is 9.87 Å². The van der Waals surface area contributed by atoms with Gasteiger partial charge in [0.15, 0.2) is 9.87 Å². The molecule has 0 saturated heterocycles. The molecule has 0 bridgehead atoms. The molecule has 0 N–H and O–H groups in total. The molecule has 0 radical (unpaired) electrons. The maximum Gasteiger partial charge on any atom is 0.700 e. The lowest BCUT2D eigenvalue weighted by atomic mass is 10.4. The van der Waals surface area contributed by atoms with Crippen molar-refractivity contribution >= 4 is 31.8 Å². The van der Waals surface area contributed by atoms with E-state index in [-0.39, 0.29) is 0 Å². The Morgan fingerprint density at radius 1 is 0.708 bits per heavy atom. The summed E-state index contributed by atoms with van der Waals surface area (Å²) in [6, 6.07) is 19.8. The van der Waals surface area contributed by atoms with E-state index in [9.17, 15) is 4.57 Å². The molecular weight excluding hydrogens is 359 g/mol. The van der Waals surface area contributed by atoms with Gasteiger partial charge in [0.2, 0.25) is 0 Å². The monoisotopic (exact) mass is 381 g/mol. The Balaban J connectivity index is 1.91. The van der Waals surface area contributed by atoms with Gasteiger partial charge in [0.1, 0.15) is 0 Å². The normalized spacial score (nSPS) is 12.2. The van der Waals surface area contributed by atoms with Crippen LogP contribution in [0, 0.1) is 0 Å². The second-order valence-electron chi connectivity index (χ2n) is 6.04. The maximum absolute atomic E-state index is 12.3.